The van der Waals surface area contributed by atoms with E-state index in [1.54, 1.807) is 0 Å². The molecule has 200 valence electrons. The molecule has 4 aromatic rings. The first-order valence-corrected chi connectivity index (χ1v) is 13.9. The molecule has 0 saturated carbocycles. The van der Waals surface area contributed by atoms with Crippen molar-refractivity contribution >= 4 is 27.9 Å². The number of aromatic nitrogens is 5. The summed E-state index contributed by atoms with van der Waals surface area (Å²) in [7, 11) is 2.10. The zero-order valence-corrected chi connectivity index (χ0v) is 22.1. The number of anilines is 1. The molecule has 0 atom stereocenters. The molecule has 0 amide bonds. The molecule has 3 aromatic heterocycles. The van der Waals surface area contributed by atoms with Crippen LogP contribution in [0.3, 0.4) is 0 Å². The smallest absolute Gasteiger partial charge is 0.166 e. The number of rotatable bonds is 5. The van der Waals surface area contributed by atoms with Gasteiger partial charge in [0.2, 0.25) is 0 Å². The molecule has 10 heteroatoms. The number of morpholine rings is 1. The van der Waals surface area contributed by atoms with Gasteiger partial charge in [-0.25, -0.2) is 15.0 Å². The number of imidazole rings is 1. The largest absolute Gasteiger partial charge is 0.381 e. The van der Waals surface area contributed by atoms with Crippen LogP contribution in [0.2, 0.25) is 0 Å². The average Bonchev–Trinajstić information content (AvgIpc) is 3.55. The van der Waals surface area contributed by atoms with Crippen molar-refractivity contribution < 1.29 is 9.47 Å². The molecule has 3 fully saturated rings. The SMILES string of the molecule is Cn1c(CN2CCN(C3CCOCC3)CC2)nc2c(N3CCOCC3)nc(-c3c[nH]c4ccccc34)nc21. The van der Waals surface area contributed by atoms with Crippen molar-refractivity contribution in [2.45, 2.75) is 25.4 Å². The lowest BCUT2D eigenvalue weighted by molar-refractivity contribution is 0.0122. The molecule has 0 spiro atoms. The van der Waals surface area contributed by atoms with Gasteiger partial charge in [-0.2, -0.15) is 0 Å². The maximum atomic E-state index is 5.64. The number of benzene rings is 1. The van der Waals surface area contributed by atoms with E-state index in [2.05, 4.69) is 49.5 Å². The molecule has 3 aliphatic heterocycles. The maximum Gasteiger partial charge on any atom is 0.166 e. The molecule has 3 saturated heterocycles. The number of hydrogen-bond donors (Lipinski definition) is 1. The number of H-pyrrole nitrogens is 1. The fourth-order valence-corrected chi connectivity index (χ4v) is 6.14. The average molecular weight is 517 g/mol. The van der Waals surface area contributed by atoms with Gasteiger partial charge in [0.1, 0.15) is 5.82 Å². The molecule has 0 aliphatic carbocycles. The summed E-state index contributed by atoms with van der Waals surface area (Å²) in [6.45, 7) is 9.96. The molecular formula is C28H36N8O2. The van der Waals surface area contributed by atoms with Gasteiger partial charge in [0.15, 0.2) is 22.8 Å². The number of nitrogens with one attached hydrogen (secondary N) is 1. The monoisotopic (exact) mass is 516 g/mol. The summed E-state index contributed by atoms with van der Waals surface area (Å²) < 4.78 is 13.4. The number of aromatic amines is 1. The number of fused-ring (bicyclic) bond motifs is 2. The van der Waals surface area contributed by atoms with E-state index in [-0.39, 0.29) is 0 Å². The van der Waals surface area contributed by atoms with Gasteiger partial charge in [0.05, 0.1) is 19.8 Å². The summed E-state index contributed by atoms with van der Waals surface area (Å²) in [5.74, 6) is 2.68. The highest BCUT2D eigenvalue weighted by molar-refractivity contribution is 5.95. The van der Waals surface area contributed by atoms with Crippen molar-refractivity contribution in [3.8, 4) is 11.4 Å². The van der Waals surface area contributed by atoms with Crippen LogP contribution in [-0.4, -0.2) is 106 Å². The first kappa shape index (κ1) is 24.0. The van der Waals surface area contributed by atoms with Gasteiger partial charge >= 0.3 is 0 Å². The second-order valence-corrected chi connectivity index (χ2v) is 10.6. The third-order valence-corrected chi connectivity index (χ3v) is 8.41. The lowest BCUT2D eigenvalue weighted by Crippen LogP contribution is -2.51. The van der Waals surface area contributed by atoms with Gasteiger partial charge in [-0.05, 0) is 18.9 Å². The first-order chi connectivity index (χ1) is 18.7. The van der Waals surface area contributed by atoms with E-state index in [4.69, 9.17) is 24.4 Å². The third kappa shape index (κ3) is 4.45. The van der Waals surface area contributed by atoms with Gasteiger partial charge in [0.25, 0.3) is 0 Å². The van der Waals surface area contributed by atoms with Gasteiger partial charge in [-0.15, -0.1) is 0 Å². The van der Waals surface area contributed by atoms with Crippen molar-refractivity contribution in [1.82, 2.24) is 34.3 Å². The van der Waals surface area contributed by atoms with Gasteiger partial charge in [0, 0.05) is 88.2 Å². The second-order valence-electron chi connectivity index (χ2n) is 10.6. The van der Waals surface area contributed by atoms with E-state index >= 15 is 0 Å². The highest BCUT2D eigenvalue weighted by Crippen LogP contribution is 2.32. The van der Waals surface area contributed by atoms with Crippen LogP contribution in [0.1, 0.15) is 18.7 Å². The minimum Gasteiger partial charge on any atom is -0.381 e. The van der Waals surface area contributed by atoms with E-state index < -0.39 is 0 Å². The van der Waals surface area contributed by atoms with Crippen LogP contribution in [0.4, 0.5) is 5.82 Å². The summed E-state index contributed by atoms with van der Waals surface area (Å²) in [6.07, 6.45) is 4.34. The zero-order valence-electron chi connectivity index (χ0n) is 22.1. The quantitative estimate of drug-likeness (QED) is 0.433. The predicted molar refractivity (Wildman–Crippen MR) is 147 cm³/mol. The van der Waals surface area contributed by atoms with Crippen LogP contribution in [0.15, 0.2) is 30.5 Å². The Labute approximate surface area is 222 Å². The number of aryl methyl sites for hydroxylation is 1. The Kier molecular flexibility index (Phi) is 6.48. The number of para-hydroxylation sites is 1. The fraction of sp³-hybridized carbons (Fsp3) is 0.536. The molecular weight excluding hydrogens is 480 g/mol. The molecule has 0 unspecified atom stereocenters. The highest BCUT2D eigenvalue weighted by atomic mass is 16.5. The topological polar surface area (TPSA) is 87.6 Å². The fourth-order valence-electron chi connectivity index (χ4n) is 6.14. The molecule has 3 aliphatic rings. The van der Waals surface area contributed by atoms with Crippen molar-refractivity contribution in [3.05, 3.63) is 36.3 Å². The van der Waals surface area contributed by atoms with E-state index in [1.165, 1.54) is 0 Å². The lowest BCUT2D eigenvalue weighted by Gasteiger charge is -2.40. The van der Waals surface area contributed by atoms with Crippen LogP contribution in [0, 0.1) is 0 Å². The number of nitrogens with zero attached hydrogens (tertiary/aromatic N) is 7. The van der Waals surface area contributed by atoms with E-state index in [1.807, 2.05) is 12.3 Å². The van der Waals surface area contributed by atoms with Crippen LogP contribution < -0.4 is 4.90 Å². The van der Waals surface area contributed by atoms with Gasteiger partial charge < -0.3 is 23.9 Å². The Bertz CT molecular complexity index is 1410. The maximum absolute atomic E-state index is 5.64. The Morgan fingerprint density at radius 3 is 2.47 bits per heavy atom. The minimum absolute atomic E-state index is 0.677. The summed E-state index contributed by atoms with van der Waals surface area (Å²) in [6, 6.07) is 8.99. The molecule has 0 bridgehead atoms. The Morgan fingerprint density at radius 1 is 0.895 bits per heavy atom. The molecule has 6 heterocycles. The van der Waals surface area contributed by atoms with Crippen LogP contribution in [0.5, 0.6) is 0 Å². The predicted octanol–water partition coefficient (Wildman–Crippen LogP) is 2.64. The number of ether oxygens (including phenoxy) is 2. The summed E-state index contributed by atoms with van der Waals surface area (Å²) >= 11 is 0. The first-order valence-electron chi connectivity index (χ1n) is 13.9. The van der Waals surface area contributed by atoms with Crippen molar-refractivity contribution in [2.24, 2.45) is 7.05 Å². The summed E-state index contributed by atoms with van der Waals surface area (Å²) in [4.78, 5) is 26.2. The highest BCUT2D eigenvalue weighted by Gasteiger charge is 2.27. The van der Waals surface area contributed by atoms with Crippen molar-refractivity contribution in [1.29, 1.82) is 0 Å². The van der Waals surface area contributed by atoms with Crippen molar-refractivity contribution in [2.75, 3.05) is 70.6 Å². The van der Waals surface area contributed by atoms with E-state index in [0.29, 0.717) is 19.3 Å². The summed E-state index contributed by atoms with van der Waals surface area (Å²) in [5, 5.41) is 1.13. The van der Waals surface area contributed by atoms with Gasteiger partial charge in [-0.3, -0.25) is 9.80 Å². The normalized spacial score (nSPS) is 20.6. The van der Waals surface area contributed by atoms with Crippen LogP contribution in [-0.2, 0) is 23.1 Å². The number of piperazine rings is 1. The molecule has 38 heavy (non-hydrogen) atoms. The number of hydrogen-bond acceptors (Lipinski definition) is 8. The van der Waals surface area contributed by atoms with Crippen LogP contribution in [0.25, 0.3) is 33.5 Å². The summed E-state index contributed by atoms with van der Waals surface area (Å²) in [5.41, 5.74) is 3.88. The van der Waals surface area contributed by atoms with E-state index in [0.717, 1.165) is 117 Å². The molecule has 0 radical (unpaired) electrons. The zero-order chi connectivity index (χ0) is 25.5. The Hall–Kier alpha value is -3.05. The molecule has 1 N–H and O–H groups in total. The molecule has 10 nitrogen and oxygen atoms in total. The van der Waals surface area contributed by atoms with Crippen molar-refractivity contribution in [3.63, 3.8) is 0 Å². The van der Waals surface area contributed by atoms with Crippen LogP contribution >= 0.6 is 0 Å². The standard InChI is InChI=1S/C28H36N8O2/c1-33-24(19-34-8-10-35(11-9-34)20-6-14-37-15-7-20)30-25-27(33)31-26(32-28(25)36-12-16-38-17-13-36)22-18-29-23-5-3-2-4-21(22)23/h2-5,18,20,29H,6-17,19H2,1H3. The Morgan fingerprint density at radius 2 is 1.66 bits per heavy atom. The molecule has 1 aromatic carbocycles. The van der Waals surface area contributed by atoms with Gasteiger partial charge in [-0.1, -0.05) is 18.2 Å². The molecule has 7 rings (SSSR count). The van der Waals surface area contributed by atoms with E-state index in [9.17, 15) is 0 Å². The Balaban J connectivity index is 1.20. The second kappa shape index (κ2) is 10.3. The lowest BCUT2D eigenvalue weighted by atomic mass is 10.1. The minimum atomic E-state index is 0.677. The third-order valence-electron chi connectivity index (χ3n) is 8.41.